The fourth-order valence-corrected chi connectivity index (χ4v) is 7.86. The maximum absolute atomic E-state index is 10.8. The predicted molar refractivity (Wildman–Crippen MR) is 231 cm³/mol. The molecule has 14 heteroatoms. The molecule has 58 heavy (non-hydrogen) atoms. The molecule has 0 fully saturated rings. The number of hydrogen-bond donors (Lipinski definition) is 6. The van der Waals surface area contributed by atoms with Crippen molar-refractivity contribution in [2.45, 2.75) is 9.79 Å². The molecule has 0 aliphatic heterocycles. The Morgan fingerprint density at radius 2 is 0.517 bits per heavy atom. The summed E-state index contributed by atoms with van der Waals surface area (Å²) in [7, 11) is -9.13. The first kappa shape index (κ1) is 40.6. The van der Waals surface area contributed by atoms with E-state index < -0.39 is 30.0 Å². The van der Waals surface area contributed by atoms with Crippen LogP contribution in [0.5, 0.6) is 0 Å². The van der Waals surface area contributed by atoms with E-state index in [2.05, 4.69) is 155 Å². The summed E-state index contributed by atoms with van der Waals surface area (Å²) in [6, 6.07) is 50.6. The van der Waals surface area contributed by atoms with Crippen LogP contribution in [0.1, 0.15) is 0 Å². The van der Waals surface area contributed by atoms with Crippen molar-refractivity contribution < 1.29 is 36.8 Å². The molecular weight excluding hydrogens is 773 g/mol. The van der Waals surface area contributed by atoms with Crippen LogP contribution in [0, 0.1) is 0 Å². The lowest BCUT2D eigenvalue weighted by Crippen LogP contribution is -2.51. The third-order valence-corrected chi connectivity index (χ3v) is 10.8. The summed E-state index contributed by atoms with van der Waals surface area (Å²) in [4.78, 5) is -0.819. The molecule has 0 amide bonds. The zero-order valence-electron chi connectivity index (χ0n) is 30.7. The summed E-state index contributed by atoms with van der Waals surface area (Å²) in [6.45, 7) is 0. The molecular formula is C44H38N6O6S2. The molecule has 0 heterocycles. The van der Waals surface area contributed by atoms with Crippen LogP contribution in [-0.4, -0.2) is 37.9 Å². The fourth-order valence-electron chi connectivity index (χ4n) is 6.85. The van der Waals surface area contributed by atoms with Gasteiger partial charge in [-0.05, 0) is 99.7 Å². The Labute approximate surface area is 333 Å². The van der Waals surface area contributed by atoms with Crippen molar-refractivity contribution in [3.8, 4) is 0 Å². The van der Waals surface area contributed by atoms with Crippen molar-refractivity contribution in [3.05, 3.63) is 158 Å². The van der Waals surface area contributed by atoms with Gasteiger partial charge in [-0.1, -0.05) is 133 Å². The largest absolute Gasteiger partial charge is 0.744 e. The monoisotopic (exact) mass is 810 g/mol. The third kappa shape index (κ3) is 9.12. The summed E-state index contributed by atoms with van der Waals surface area (Å²) < 4.78 is 64.8. The van der Waals surface area contributed by atoms with E-state index in [9.17, 15) is 25.9 Å². The van der Waals surface area contributed by atoms with Crippen molar-refractivity contribution >= 4 is 108 Å². The number of hydrogen-bond acceptors (Lipinski definition) is 6. The standard InChI is InChI=1S/2C16H10.C10H8O6S2.2CH5N3/c2*1-3-11-7-9-13-5-2-6-14-10-8-12(4-1)15(11)16(13)14;11-17(12,13)9-3-1-7-5-10(18(14,15)16)4-2-8(7)6-9;2*2-1(3)4/h2*1-10H;1-6H,(H,11,12,13)(H,14,15,16);2*(H5,2,3,4). The average molecular weight is 811 g/mol. The molecule has 0 aromatic heterocycles. The lowest BCUT2D eigenvalue weighted by atomic mass is 9.95. The van der Waals surface area contributed by atoms with E-state index in [1.54, 1.807) is 0 Å². The summed E-state index contributed by atoms with van der Waals surface area (Å²) in [5.41, 5.74) is 18.3. The highest BCUT2D eigenvalue weighted by atomic mass is 32.2. The fraction of sp³-hybridized carbons (Fsp3) is 0. The minimum absolute atomic E-state index is 0.0833. The van der Waals surface area contributed by atoms with Crippen LogP contribution < -0.4 is 33.8 Å². The third-order valence-electron chi connectivity index (χ3n) is 9.15. The van der Waals surface area contributed by atoms with Crippen LogP contribution in [-0.2, 0) is 20.2 Å². The summed E-state index contributed by atoms with van der Waals surface area (Å²) in [5.74, 6) is -0.167. The van der Waals surface area contributed by atoms with E-state index in [0.29, 0.717) is 10.8 Å². The Balaban J connectivity index is 0.000000134. The Morgan fingerprint density at radius 1 is 0.345 bits per heavy atom. The molecule has 0 unspecified atom stereocenters. The first-order chi connectivity index (χ1) is 27.5. The molecule has 0 aliphatic carbocycles. The van der Waals surface area contributed by atoms with Gasteiger partial charge in [0.25, 0.3) is 0 Å². The summed E-state index contributed by atoms with van der Waals surface area (Å²) in [5, 5.41) is 26.2. The first-order valence-electron chi connectivity index (χ1n) is 17.5. The molecule has 10 aromatic carbocycles. The highest BCUT2D eigenvalue weighted by molar-refractivity contribution is 7.86. The van der Waals surface area contributed by atoms with Gasteiger partial charge in [0.1, 0.15) is 20.2 Å². The van der Waals surface area contributed by atoms with Crippen molar-refractivity contribution in [1.29, 1.82) is 0 Å². The van der Waals surface area contributed by atoms with Crippen LogP contribution in [0.15, 0.2) is 168 Å². The first-order valence-corrected chi connectivity index (χ1v) is 20.3. The van der Waals surface area contributed by atoms with Crippen molar-refractivity contribution in [2.75, 3.05) is 0 Å². The molecule has 12 nitrogen and oxygen atoms in total. The molecule has 0 saturated heterocycles. The number of guanidine groups is 2. The number of nitrogens with two attached hydrogens (primary N) is 6. The van der Waals surface area contributed by atoms with E-state index >= 15 is 0 Å². The minimum Gasteiger partial charge on any atom is -0.744 e. The number of fused-ring (bicyclic) bond motifs is 1. The second kappa shape index (κ2) is 16.6. The number of rotatable bonds is 2. The van der Waals surface area contributed by atoms with Gasteiger partial charge in [0.15, 0.2) is 0 Å². The van der Waals surface area contributed by atoms with Gasteiger partial charge in [-0.3, -0.25) is 33.8 Å². The highest BCUT2D eigenvalue weighted by Crippen LogP contribution is 2.35. The van der Waals surface area contributed by atoms with Crippen molar-refractivity contribution in [2.24, 2.45) is 22.9 Å². The molecule has 0 spiro atoms. The molecule has 10 rings (SSSR count). The Hall–Kier alpha value is -7.10. The van der Waals surface area contributed by atoms with Crippen LogP contribution in [0.4, 0.5) is 0 Å². The normalized spacial score (nSPS) is 11.3. The summed E-state index contributed by atoms with van der Waals surface area (Å²) in [6.07, 6.45) is 0. The molecule has 10 aromatic rings. The van der Waals surface area contributed by atoms with Crippen LogP contribution >= 0.6 is 0 Å². The maximum Gasteiger partial charge on any atom is 0.336 e. The van der Waals surface area contributed by atoms with E-state index in [1.807, 2.05) is 0 Å². The van der Waals surface area contributed by atoms with Gasteiger partial charge >= 0.3 is 11.9 Å². The second-order valence-corrected chi connectivity index (χ2v) is 15.9. The quantitative estimate of drug-likeness (QED) is 0.0635. The molecule has 0 saturated carbocycles. The van der Waals surface area contributed by atoms with Gasteiger partial charge < -0.3 is 9.11 Å². The van der Waals surface area contributed by atoms with Crippen LogP contribution in [0.3, 0.4) is 0 Å². The molecule has 292 valence electrons. The SMILES string of the molecule is NC(N)=[NH2+].NC(N)=[NH2+].O=S(=O)([O-])c1ccc2cc(S(=O)(=O)[O-])ccc2c1.c1cc2ccc3cccc4ccc(c1)c2c34.c1cc2ccc3cccc4ccc(c1)c2c34. The minimum atomic E-state index is -4.56. The van der Waals surface area contributed by atoms with Crippen LogP contribution in [0.2, 0.25) is 0 Å². The van der Waals surface area contributed by atoms with Gasteiger partial charge in [-0.2, -0.15) is 0 Å². The Bertz CT molecular complexity index is 2850. The average Bonchev–Trinajstić information content (AvgIpc) is 3.18. The predicted octanol–water partition coefficient (Wildman–Crippen LogP) is 3.85. The summed E-state index contributed by atoms with van der Waals surface area (Å²) >= 11 is 0. The lowest BCUT2D eigenvalue weighted by Gasteiger charge is -2.10. The maximum atomic E-state index is 10.8. The number of benzene rings is 10. The van der Waals surface area contributed by atoms with Gasteiger partial charge in [0.05, 0.1) is 9.79 Å². The van der Waals surface area contributed by atoms with Gasteiger partial charge in [0, 0.05) is 0 Å². The molecule has 0 atom stereocenters. The second-order valence-electron chi connectivity index (χ2n) is 13.2. The topological polar surface area (TPSA) is 270 Å². The zero-order valence-corrected chi connectivity index (χ0v) is 32.4. The van der Waals surface area contributed by atoms with Crippen LogP contribution in [0.25, 0.3) is 75.4 Å². The molecule has 0 aliphatic rings. The van der Waals surface area contributed by atoms with E-state index in [0.717, 1.165) is 24.3 Å². The zero-order chi connectivity index (χ0) is 41.8. The Morgan fingerprint density at radius 3 is 0.690 bits per heavy atom. The molecule has 0 radical (unpaired) electrons. The molecule has 12 N–H and O–H groups in total. The van der Waals surface area contributed by atoms with E-state index in [4.69, 9.17) is 0 Å². The van der Waals surface area contributed by atoms with Crippen molar-refractivity contribution in [3.63, 3.8) is 0 Å². The lowest BCUT2D eigenvalue weighted by molar-refractivity contribution is -0.117. The van der Waals surface area contributed by atoms with E-state index in [-0.39, 0.29) is 11.9 Å². The molecule has 0 bridgehead atoms. The van der Waals surface area contributed by atoms with Gasteiger partial charge in [-0.25, -0.2) is 16.8 Å². The highest BCUT2D eigenvalue weighted by Gasteiger charge is 2.08. The van der Waals surface area contributed by atoms with E-state index in [1.165, 1.54) is 76.8 Å². The van der Waals surface area contributed by atoms with Gasteiger partial charge in [-0.15, -0.1) is 0 Å². The Kier molecular flexibility index (Phi) is 11.6. The van der Waals surface area contributed by atoms with Crippen molar-refractivity contribution in [1.82, 2.24) is 0 Å². The smallest absolute Gasteiger partial charge is 0.336 e. The van der Waals surface area contributed by atoms with Gasteiger partial charge in [0.2, 0.25) is 0 Å².